The number of carbonyl (C=O) groups excluding carboxylic acids is 1. The molecule has 0 bridgehead atoms. The Morgan fingerprint density at radius 2 is 2.17 bits per heavy atom. The predicted molar refractivity (Wildman–Crippen MR) is 70.1 cm³/mol. The average Bonchev–Trinajstić information content (AvgIpc) is 2.69. The van der Waals surface area contributed by atoms with Crippen molar-refractivity contribution in [3.05, 3.63) is 23.8 Å². The number of carbonyl (C=O) groups is 1. The molecule has 0 spiro atoms. The summed E-state index contributed by atoms with van der Waals surface area (Å²) in [6, 6.07) is 6.09. The number of rotatable bonds is 1. The molecule has 18 heavy (non-hydrogen) atoms. The van der Waals surface area contributed by atoms with E-state index >= 15 is 0 Å². The van der Waals surface area contributed by atoms with Crippen LogP contribution in [0.25, 0.3) is 0 Å². The highest BCUT2D eigenvalue weighted by atomic mass is 16.5. The van der Waals surface area contributed by atoms with Crippen LogP contribution < -0.4 is 9.64 Å². The number of benzene rings is 1. The Morgan fingerprint density at radius 3 is 2.94 bits per heavy atom. The van der Waals surface area contributed by atoms with E-state index in [0.29, 0.717) is 0 Å². The van der Waals surface area contributed by atoms with Gasteiger partial charge in [-0.3, -0.25) is 4.79 Å². The number of anilines is 1. The van der Waals surface area contributed by atoms with E-state index in [1.165, 1.54) is 11.3 Å². The molecule has 96 valence electrons. The summed E-state index contributed by atoms with van der Waals surface area (Å²) < 4.78 is 5.25. The number of hydrogen-bond donors (Lipinski definition) is 0. The van der Waals surface area contributed by atoms with E-state index in [-0.39, 0.29) is 11.9 Å². The van der Waals surface area contributed by atoms with E-state index in [2.05, 4.69) is 17.0 Å². The van der Waals surface area contributed by atoms with Gasteiger partial charge in [0, 0.05) is 32.2 Å². The van der Waals surface area contributed by atoms with Gasteiger partial charge in [0.2, 0.25) is 5.91 Å². The molecule has 1 saturated heterocycles. The second-order valence-corrected chi connectivity index (χ2v) is 5.02. The Labute approximate surface area is 107 Å². The summed E-state index contributed by atoms with van der Waals surface area (Å²) in [5.41, 5.74) is 2.42. The van der Waals surface area contributed by atoms with Gasteiger partial charge in [-0.05, 0) is 30.2 Å². The summed E-state index contributed by atoms with van der Waals surface area (Å²) in [5, 5.41) is 0. The Morgan fingerprint density at radius 1 is 1.33 bits per heavy atom. The highest BCUT2D eigenvalue weighted by molar-refractivity contribution is 5.88. The average molecular weight is 246 g/mol. The number of ether oxygens (including phenoxy) is 1. The molecule has 1 aromatic rings. The van der Waals surface area contributed by atoms with Crippen LogP contribution >= 0.6 is 0 Å². The molecule has 1 unspecified atom stereocenters. The molecule has 4 nitrogen and oxygen atoms in total. The molecule has 2 aliphatic heterocycles. The van der Waals surface area contributed by atoms with E-state index in [4.69, 9.17) is 4.74 Å². The van der Waals surface area contributed by atoms with Crippen LogP contribution in [0.3, 0.4) is 0 Å². The van der Waals surface area contributed by atoms with Gasteiger partial charge in [0.1, 0.15) is 11.8 Å². The van der Waals surface area contributed by atoms with Crippen molar-refractivity contribution in [2.45, 2.75) is 18.9 Å². The van der Waals surface area contributed by atoms with Crippen molar-refractivity contribution in [2.75, 3.05) is 32.1 Å². The zero-order valence-electron chi connectivity index (χ0n) is 10.8. The maximum atomic E-state index is 12.3. The van der Waals surface area contributed by atoms with Gasteiger partial charge in [-0.1, -0.05) is 0 Å². The van der Waals surface area contributed by atoms with Gasteiger partial charge in [-0.25, -0.2) is 0 Å². The Kier molecular flexibility index (Phi) is 2.65. The van der Waals surface area contributed by atoms with E-state index in [1.54, 1.807) is 7.11 Å². The molecule has 2 heterocycles. The van der Waals surface area contributed by atoms with E-state index in [9.17, 15) is 4.79 Å². The first-order valence-corrected chi connectivity index (χ1v) is 6.39. The van der Waals surface area contributed by atoms with E-state index in [0.717, 1.165) is 31.7 Å². The molecule has 0 N–H and O–H groups in total. The highest BCUT2D eigenvalue weighted by Gasteiger charge is 2.37. The molecule has 3 rings (SSSR count). The lowest BCUT2D eigenvalue weighted by Crippen LogP contribution is -2.42. The third-order valence-electron chi connectivity index (χ3n) is 3.94. The van der Waals surface area contributed by atoms with Crippen LogP contribution in [0.15, 0.2) is 18.2 Å². The van der Waals surface area contributed by atoms with Crippen molar-refractivity contribution in [3.63, 3.8) is 0 Å². The van der Waals surface area contributed by atoms with Crippen LogP contribution in [-0.2, 0) is 11.2 Å². The van der Waals surface area contributed by atoms with Gasteiger partial charge in [0.15, 0.2) is 0 Å². The zero-order valence-corrected chi connectivity index (χ0v) is 10.8. The summed E-state index contributed by atoms with van der Waals surface area (Å²) in [6.45, 7) is 1.82. The summed E-state index contributed by atoms with van der Waals surface area (Å²) in [6.07, 6.45) is 1.83. The molecular formula is C14H18N2O2. The van der Waals surface area contributed by atoms with Gasteiger partial charge in [0.05, 0.1) is 7.11 Å². The standard InChI is InChI=1S/C14H18N2O2/c1-15-6-3-7-16-12-5-4-11(18-2)8-10(12)9-13(16)14(15)17/h4-5,8,13H,3,6-7,9H2,1-2H3. The maximum Gasteiger partial charge on any atom is 0.245 e. The minimum absolute atomic E-state index is 0.0143. The highest BCUT2D eigenvalue weighted by Crippen LogP contribution is 2.36. The largest absolute Gasteiger partial charge is 0.497 e. The van der Waals surface area contributed by atoms with Crippen molar-refractivity contribution in [1.29, 1.82) is 0 Å². The zero-order chi connectivity index (χ0) is 12.7. The number of methoxy groups -OCH3 is 1. The smallest absolute Gasteiger partial charge is 0.245 e. The van der Waals surface area contributed by atoms with Crippen LogP contribution in [0.1, 0.15) is 12.0 Å². The molecule has 4 heteroatoms. The number of likely N-dealkylation sites (N-methyl/N-ethyl adjacent to an activating group) is 1. The topological polar surface area (TPSA) is 32.8 Å². The predicted octanol–water partition coefficient (Wildman–Crippen LogP) is 1.29. The minimum Gasteiger partial charge on any atom is -0.497 e. The van der Waals surface area contributed by atoms with Crippen molar-refractivity contribution in [3.8, 4) is 5.75 Å². The molecule has 1 fully saturated rings. The van der Waals surface area contributed by atoms with Gasteiger partial charge in [-0.2, -0.15) is 0 Å². The molecule has 0 aromatic heterocycles. The lowest BCUT2D eigenvalue weighted by atomic mass is 10.1. The monoisotopic (exact) mass is 246 g/mol. The fourth-order valence-corrected chi connectivity index (χ4v) is 2.96. The van der Waals surface area contributed by atoms with Crippen LogP contribution in [0.4, 0.5) is 5.69 Å². The summed E-state index contributed by atoms with van der Waals surface area (Å²) in [5.74, 6) is 1.11. The fraction of sp³-hybridized carbons (Fsp3) is 0.500. The third-order valence-corrected chi connectivity index (χ3v) is 3.94. The van der Waals surface area contributed by atoms with E-state index < -0.39 is 0 Å². The molecule has 1 amide bonds. The van der Waals surface area contributed by atoms with Crippen LogP contribution in [0, 0.1) is 0 Å². The molecule has 0 saturated carbocycles. The SMILES string of the molecule is COc1ccc2c(c1)CC1C(=O)N(C)CCCN21. The van der Waals surface area contributed by atoms with Crippen molar-refractivity contribution >= 4 is 11.6 Å². The molecule has 1 atom stereocenters. The van der Waals surface area contributed by atoms with Crippen molar-refractivity contribution < 1.29 is 9.53 Å². The summed E-state index contributed by atoms with van der Waals surface area (Å²) in [4.78, 5) is 16.4. The maximum absolute atomic E-state index is 12.3. The molecule has 2 aliphatic rings. The first-order chi connectivity index (χ1) is 8.70. The van der Waals surface area contributed by atoms with Gasteiger partial charge in [0.25, 0.3) is 0 Å². The molecule has 1 aromatic carbocycles. The lowest BCUT2D eigenvalue weighted by Gasteiger charge is -2.24. The Hall–Kier alpha value is -1.71. The summed E-state index contributed by atoms with van der Waals surface area (Å²) >= 11 is 0. The van der Waals surface area contributed by atoms with Gasteiger partial charge >= 0.3 is 0 Å². The van der Waals surface area contributed by atoms with Crippen LogP contribution in [-0.4, -0.2) is 44.1 Å². The lowest BCUT2D eigenvalue weighted by molar-refractivity contribution is -0.130. The van der Waals surface area contributed by atoms with Crippen molar-refractivity contribution in [2.24, 2.45) is 0 Å². The normalized spacial score (nSPS) is 22.6. The van der Waals surface area contributed by atoms with Gasteiger partial charge in [-0.15, -0.1) is 0 Å². The molecular weight excluding hydrogens is 228 g/mol. The second-order valence-electron chi connectivity index (χ2n) is 5.02. The fourth-order valence-electron chi connectivity index (χ4n) is 2.96. The van der Waals surface area contributed by atoms with Crippen LogP contribution in [0.5, 0.6) is 5.75 Å². The first kappa shape index (κ1) is 11.4. The number of nitrogens with zero attached hydrogens (tertiary/aromatic N) is 2. The summed E-state index contributed by atoms with van der Waals surface area (Å²) in [7, 11) is 3.57. The van der Waals surface area contributed by atoms with Gasteiger partial charge < -0.3 is 14.5 Å². The second kappa shape index (κ2) is 4.19. The quantitative estimate of drug-likeness (QED) is 0.748. The van der Waals surface area contributed by atoms with Crippen LogP contribution in [0.2, 0.25) is 0 Å². The third kappa shape index (κ3) is 1.64. The number of fused-ring (bicyclic) bond motifs is 3. The minimum atomic E-state index is -0.0143. The Bertz CT molecular complexity index is 487. The molecule has 0 aliphatic carbocycles. The Balaban J connectivity index is 1.97. The number of amides is 1. The molecule has 0 radical (unpaired) electrons. The number of hydrogen-bond acceptors (Lipinski definition) is 3. The first-order valence-electron chi connectivity index (χ1n) is 6.39. The van der Waals surface area contributed by atoms with E-state index in [1.807, 2.05) is 18.0 Å². The van der Waals surface area contributed by atoms with Crippen molar-refractivity contribution in [1.82, 2.24) is 4.90 Å².